The molecule has 2 aromatic carbocycles. The van der Waals surface area contributed by atoms with E-state index in [2.05, 4.69) is 25.3 Å². The Hall–Kier alpha value is -3.38. The van der Waals surface area contributed by atoms with E-state index in [4.69, 9.17) is 4.74 Å². The van der Waals surface area contributed by atoms with Gasteiger partial charge in [-0.15, -0.1) is 13.2 Å². The van der Waals surface area contributed by atoms with E-state index in [1.165, 1.54) is 29.5 Å². The summed E-state index contributed by atoms with van der Waals surface area (Å²) in [5, 5.41) is 6.30. The number of alkyl halides is 3. The van der Waals surface area contributed by atoms with Gasteiger partial charge in [-0.3, -0.25) is 4.79 Å². The molecule has 0 radical (unpaired) electrons. The van der Waals surface area contributed by atoms with E-state index in [1.54, 1.807) is 36.9 Å². The third-order valence-electron chi connectivity index (χ3n) is 4.55. The number of aromatic nitrogens is 3. The Bertz CT molecular complexity index is 1280. The summed E-state index contributed by atoms with van der Waals surface area (Å²) in [6.07, 6.45) is -4.76. The maximum atomic E-state index is 12.4. The van der Waals surface area contributed by atoms with Crippen LogP contribution >= 0.6 is 11.3 Å². The maximum Gasteiger partial charge on any atom is 0.573 e. The first-order chi connectivity index (χ1) is 15.2. The maximum absolute atomic E-state index is 12.4. The van der Waals surface area contributed by atoms with Crippen LogP contribution in [0.3, 0.4) is 0 Å². The second-order valence-electron chi connectivity index (χ2n) is 6.77. The van der Waals surface area contributed by atoms with Crippen molar-refractivity contribution in [3.05, 3.63) is 42.0 Å². The topological polar surface area (TPSA) is 90.3 Å². The summed E-state index contributed by atoms with van der Waals surface area (Å²) >= 11 is 1.17. The zero-order valence-corrected chi connectivity index (χ0v) is 17.8. The number of hydrogen-bond donors (Lipinski definition) is 2. The number of carbonyl (C=O) groups excluding carboxylic acids is 1. The predicted octanol–water partition coefficient (Wildman–Crippen LogP) is 4.20. The molecule has 12 heteroatoms. The van der Waals surface area contributed by atoms with Crippen molar-refractivity contribution in [2.75, 3.05) is 25.6 Å². The van der Waals surface area contributed by atoms with Gasteiger partial charge in [0, 0.05) is 32.3 Å². The largest absolute Gasteiger partial charge is 0.573 e. The summed E-state index contributed by atoms with van der Waals surface area (Å²) in [4.78, 5) is 21.2. The van der Waals surface area contributed by atoms with Crippen LogP contribution < -0.4 is 15.4 Å². The summed E-state index contributed by atoms with van der Waals surface area (Å²) in [5.41, 5.74) is 2.40. The number of hydrogen-bond acceptors (Lipinski definition) is 7. The van der Waals surface area contributed by atoms with Gasteiger partial charge in [0.05, 0.1) is 27.9 Å². The molecule has 32 heavy (non-hydrogen) atoms. The van der Waals surface area contributed by atoms with Crippen molar-refractivity contribution in [1.82, 2.24) is 19.9 Å². The van der Waals surface area contributed by atoms with Gasteiger partial charge < -0.3 is 24.7 Å². The highest BCUT2D eigenvalue weighted by molar-refractivity contribution is 7.22. The zero-order valence-electron chi connectivity index (χ0n) is 17.0. The van der Waals surface area contributed by atoms with Gasteiger partial charge in [0.2, 0.25) is 5.95 Å². The lowest BCUT2D eigenvalue weighted by molar-refractivity contribution is -0.274. The van der Waals surface area contributed by atoms with Gasteiger partial charge in [0.15, 0.2) is 5.13 Å². The average Bonchev–Trinajstić information content (AvgIpc) is 3.26. The van der Waals surface area contributed by atoms with Gasteiger partial charge in [-0.1, -0.05) is 11.3 Å². The highest BCUT2D eigenvalue weighted by Crippen LogP contribution is 2.33. The summed E-state index contributed by atoms with van der Waals surface area (Å²) < 4.78 is 48.6. The van der Waals surface area contributed by atoms with Gasteiger partial charge in [-0.05, 0) is 30.3 Å². The number of imidazole rings is 1. The van der Waals surface area contributed by atoms with E-state index in [0.717, 1.165) is 5.52 Å². The third-order valence-corrected chi connectivity index (χ3v) is 5.48. The molecule has 0 saturated carbocycles. The van der Waals surface area contributed by atoms with Crippen molar-refractivity contribution in [3.63, 3.8) is 0 Å². The van der Waals surface area contributed by atoms with E-state index < -0.39 is 6.36 Å². The molecule has 8 nitrogen and oxygen atoms in total. The normalized spacial score (nSPS) is 11.8. The van der Waals surface area contributed by atoms with Gasteiger partial charge in [0.25, 0.3) is 5.91 Å². The molecule has 0 bridgehead atoms. The molecule has 4 aromatic rings. The second-order valence-corrected chi connectivity index (χ2v) is 7.80. The molecule has 4 rings (SSSR count). The van der Waals surface area contributed by atoms with Crippen LogP contribution in [0.15, 0.2) is 36.4 Å². The minimum absolute atomic E-state index is 0.229. The minimum atomic E-state index is -4.76. The standard InChI is InChI=1S/C20H18F3N5O3S/c1-28-15-6-3-11(17(29)24-7-8-30-2)9-14(15)25-18(28)27-19-26-13-5-4-12(10-16(13)32-19)31-20(21,22)23/h3-6,9-10H,7-8H2,1-2H3,(H,24,29)(H,25,26,27). The van der Waals surface area contributed by atoms with E-state index in [9.17, 15) is 18.0 Å². The van der Waals surface area contributed by atoms with Gasteiger partial charge >= 0.3 is 6.36 Å². The Labute approximate surface area is 184 Å². The SMILES string of the molecule is COCCNC(=O)c1ccc2c(c1)nc(Nc1nc3ccc(OC(F)(F)F)cc3s1)n2C. The number of rotatable bonds is 7. The number of fused-ring (bicyclic) bond motifs is 2. The molecule has 168 valence electrons. The molecule has 0 fully saturated rings. The van der Waals surface area contributed by atoms with Gasteiger partial charge in [-0.25, -0.2) is 9.97 Å². The lowest BCUT2D eigenvalue weighted by Gasteiger charge is -2.07. The quantitative estimate of drug-likeness (QED) is 0.398. The molecule has 2 aromatic heterocycles. The van der Waals surface area contributed by atoms with Gasteiger partial charge in [-0.2, -0.15) is 0 Å². The molecular formula is C20H18F3N5O3S. The molecule has 2 heterocycles. The van der Waals surface area contributed by atoms with E-state index >= 15 is 0 Å². The van der Waals surface area contributed by atoms with Crippen LogP contribution in [-0.4, -0.2) is 47.1 Å². The fourth-order valence-corrected chi connectivity index (χ4v) is 3.96. The number of nitrogens with zero attached hydrogens (tertiary/aromatic N) is 3. The fourth-order valence-electron chi connectivity index (χ4n) is 3.07. The molecule has 0 aliphatic heterocycles. The Morgan fingerprint density at radius 3 is 2.72 bits per heavy atom. The number of nitrogens with one attached hydrogen (secondary N) is 2. The van der Waals surface area contributed by atoms with E-state index in [0.29, 0.717) is 45.5 Å². The molecule has 1 amide bonds. The van der Waals surface area contributed by atoms with Crippen molar-refractivity contribution in [1.29, 1.82) is 0 Å². The smallest absolute Gasteiger partial charge is 0.406 e. The summed E-state index contributed by atoms with van der Waals surface area (Å²) in [6.45, 7) is 0.813. The first-order valence-corrected chi connectivity index (χ1v) is 10.2. The molecule has 0 spiro atoms. The van der Waals surface area contributed by atoms with Crippen LogP contribution in [0, 0.1) is 0 Å². The van der Waals surface area contributed by atoms with Crippen LogP contribution in [0.5, 0.6) is 5.75 Å². The summed E-state index contributed by atoms with van der Waals surface area (Å²) in [6, 6.07) is 9.14. The predicted molar refractivity (Wildman–Crippen MR) is 115 cm³/mol. The number of amides is 1. The zero-order chi connectivity index (χ0) is 22.9. The van der Waals surface area contributed by atoms with Crippen molar-refractivity contribution in [3.8, 4) is 5.75 Å². The number of ether oxygens (including phenoxy) is 2. The number of aryl methyl sites for hydroxylation is 1. The summed E-state index contributed by atoms with van der Waals surface area (Å²) in [5.74, 6) is -0.0610. The highest BCUT2D eigenvalue weighted by Gasteiger charge is 2.31. The number of carbonyl (C=O) groups is 1. The minimum Gasteiger partial charge on any atom is -0.406 e. The average molecular weight is 465 g/mol. The van der Waals surface area contributed by atoms with Crippen LogP contribution in [0.2, 0.25) is 0 Å². The fraction of sp³-hybridized carbons (Fsp3) is 0.250. The van der Waals surface area contributed by atoms with Crippen molar-refractivity contribution in [2.24, 2.45) is 7.05 Å². The molecular weight excluding hydrogens is 447 g/mol. The Kier molecular flexibility index (Phi) is 5.89. The van der Waals surface area contributed by atoms with Crippen molar-refractivity contribution >= 4 is 49.6 Å². The van der Waals surface area contributed by atoms with Crippen LogP contribution in [0.4, 0.5) is 24.3 Å². The lowest BCUT2D eigenvalue weighted by atomic mass is 10.2. The molecule has 2 N–H and O–H groups in total. The van der Waals surface area contributed by atoms with Crippen LogP contribution in [-0.2, 0) is 11.8 Å². The monoisotopic (exact) mass is 465 g/mol. The highest BCUT2D eigenvalue weighted by atomic mass is 32.1. The van der Waals surface area contributed by atoms with E-state index in [1.807, 2.05) is 0 Å². The molecule has 0 saturated heterocycles. The Morgan fingerprint density at radius 1 is 1.16 bits per heavy atom. The van der Waals surface area contributed by atoms with Crippen LogP contribution in [0.25, 0.3) is 21.3 Å². The van der Waals surface area contributed by atoms with Crippen molar-refractivity contribution in [2.45, 2.75) is 6.36 Å². The third kappa shape index (κ3) is 4.75. The number of benzene rings is 2. The first kappa shape index (κ1) is 21.8. The molecule has 0 aliphatic rings. The van der Waals surface area contributed by atoms with E-state index in [-0.39, 0.29) is 11.7 Å². The Morgan fingerprint density at radius 2 is 1.97 bits per heavy atom. The van der Waals surface area contributed by atoms with Crippen molar-refractivity contribution < 1.29 is 27.4 Å². The molecule has 0 atom stereocenters. The first-order valence-electron chi connectivity index (χ1n) is 9.40. The molecule has 0 unspecified atom stereocenters. The second kappa shape index (κ2) is 8.63. The number of methoxy groups -OCH3 is 1. The Balaban J connectivity index is 1.56. The number of anilines is 2. The summed E-state index contributed by atoms with van der Waals surface area (Å²) in [7, 11) is 3.36. The van der Waals surface area contributed by atoms with Crippen LogP contribution in [0.1, 0.15) is 10.4 Å². The lowest BCUT2D eigenvalue weighted by Crippen LogP contribution is -2.26. The number of halogens is 3. The van der Waals surface area contributed by atoms with Gasteiger partial charge in [0.1, 0.15) is 5.75 Å². The molecule has 0 aliphatic carbocycles. The number of thiazole rings is 1.